The highest BCUT2D eigenvalue weighted by Crippen LogP contribution is 2.23. The Morgan fingerprint density at radius 3 is 2.85 bits per heavy atom. The van der Waals surface area contributed by atoms with Crippen LogP contribution in [0.4, 0.5) is 0 Å². The third kappa shape index (κ3) is 3.39. The fraction of sp³-hybridized carbons (Fsp3) is 0.438. The maximum Gasteiger partial charge on any atom is 0.246 e. The summed E-state index contributed by atoms with van der Waals surface area (Å²) >= 11 is 0. The van der Waals surface area contributed by atoms with E-state index < -0.39 is 5.60 Å². The minimum Gasteiger partial charge on any atom is -0.496 e. The predicted molar refractivity (Wildman–Crippen MR) is 78.6 cm³/mol. The fourth-order valence-electron chi connectivity index (χ4n) is 2.38. The first kappa shape index (κ1) is 14.6. The molecule has 1 aliphatic heterocycles. The Balaban J connectivity index is 2.10. The van der Waals surface area contributed by atoms with Crippen LogP contribution in [0.3, 0.4) is 0 Å². The number of β-amino-alcohol motifs (C(OH)–C–C–N with tert-alkyl or cyclic N) is 1. The standard InChI is InChI=1S/C16H21NO3/c1-12-4-6-14(20-3)13(10-12)5-7-15(18)17-9-8-16(2,19)11-17/h4-7,10,19H,8-9,11H2,1-3H3/b7-5+. The Morgan fingerprint density at radius 2 is 2.25 bits per heavy atom. The molecule has 0 spiro atoms. The van der Waals surface area contributed by atoms with Crippen LogP contribution in [0.5, 0.6) is 5.75 Å². The lowest BCUT2D eigenvalue weighted by molar-refractivity contribution is -0.125. The van der Waals surface area contributed by atoms with Gasteiger partial charge in [-0.2, -0.15) is 0 Å². The van der Waals surface area contributed by atoms with Gasteiger partial charge in [-0.15, -0.1) is 0 Å². The van der Waals surface area contributed by atoms with Gasteiger partial charge in [-0.25, -0.2) is 0 Å². The molecule has 1 aromatic carbocycles. The second-order valence-electron chi connectivity index (χ2n) is 5.59. The lowest BCUT2D eigenvalue weighted by atomic mass is 10.1. The molecule has 1 heterocycles. The largest absolute Gasteiger partial charge is 0.496 e. The minimum absolute atomic E-state index is 0.0775. The number of methoxy groups -OCH3 is 1. The van der Waals surface area contributed by atoms with Crippen molar-refractivity contribution in [1.29, 1.82) is 0 Å². The number of carbonyl (C=O) groups is 1. The van der Waals surface area contributed by atoms with Crippen molar-refractivity contribution in [2.75, 3.05) is 20.2 Å². The third-order valence-electron chi connectivity index (χ3n) is 3.55. The normalized spacial score (nSPS) is 22.5. The number of hydrogen-bond donors (Lipinski definition) is 1. The van der Waals surface area contributed by atoms with Crippen molar-refractivity contribution < 1.29 is 14.6 Å². The summed E-state index contributed by atoms with van der Waals surface area (Å²) in [5, 5.41) is 9.88. The van der Waals surface area contributed by atoms with Crippen LogP contribution >= 0.6 is 0 Å². The second-order valence-corrected chi connectivity index (χ2v) is 5.59. The molecule has 0 bridgehead atoms. The average Bonchev–Trinajstić information content (AvgIpc) is 2.76. The number of hydrogen-bond acceptors (Lipinski definition) is 3. The first-order valence-electron chi connectivity index (χ1n) is 6.75. The van der Waals surface area contributed by atoms with Crippen LogP contribution < -0.4 is 4.74 Å². The smallest absolute Gasteiger partial charge is 0.246 e. The van der Waals surface area contributed by atoms with E-state index in [4.69, 9.17) is 4.74 Å². The number of benzene rings is 1. The molecule has 2 rings (SSSR count). The zero-order chi connectivity index (χ0) is 14.8. The van der Waals surface area contributed by atoms with Gasteiger partial charge in [0.05, 0.1) is 12.7 Å². The maximum absolute atomic E-state index is 12.1. The van der Waals surface area contributed by atoms with E-state index in [9.17, 15) is 9.90 Å². The molecule has 20 heavy (non-hydrogen) atoms. The molecule has 1 atom stereocenters. The van der Waals surface area contributed by atoms with Gasteiger partial charge in [0.25, 0.3) is 0 Å². The Hall–Kier alpha value is -1.81. The van der Waals surface area contributed by atoms with Crippen molar-refractivity contribution in [3.8, 4) is 5.75 Å². The summed E-state index contributed by atoms with van der Waals surface area (Å²) in [5.41, 5.74) is 1.23. The summed E-state index contributed by atoms with van der Waals surface area (Å²) in [6.45, 7) is 4.74. The molecule has 1 unspecified atom stereocenters. The lowest BCUT2D eigenvalue weighted by Crippen LogP contribution is -2.32. The van der Waals surface area contributed by atoms with Crippen molar-refractivity contribution in [3.05, 3.63) is 35.4 Å². The fourth-order valence-corrected chi connectivity index (χ4v) is 2.38. The molecule has 4 heteroatoms. The van der Waals surface area contributed by atoms with Crippen molar-refractivity contribution in [3.63, 3.8) is 0 Å². The highest BCUT2D eigenvalue weighted by atomic mass is 16.5. The van der Waals surface area contributed by atoms with Gasteiger partial charge < -0.3 is 14.7 Å². The summed E-state index contributed by atoms with van der Waals surface area (Å²) in [6.07, 6.45) is 3.93. The molecule has 1 aliphatic rings. The SMILES string of the molecule is COc1ccc(C)cc1/C=C/C(=O)N1CCC(C)(O)C1. The number of aryl methyl sites for hydroxylation is 1. The Bertz CT molecular complexity index is 535. The van der Waals surface area contributed by atoms with Crippen LogP contribution in [-0.4, -0.2) is 41.7 Å². The monoisotopic (exact) mass is 275 g/mol. The molecule has 1 aromatic rings. The van der Waals surface area contributed by atoms with E-state index in [1.165, 1.54) is 0 Å². The Morgan fingerprint density at radius 1 is 1.50 bits per heavy atom. The van der Waals surface area contributed by atoms with E-state index >= 15 is 0 Å². The van der Waals surface area contributed by atoms with Crippen LogP contribution in [0.25, 0.3) is 6.08 Å². The molecule has 1 saturated heterocycles. The van der Waals surface area contributed by atoms with Crippen molar-refractivity contribution in [1.82, 2.24) is 4.90 Å². The maximum atomic E-state index is 12.1. The molecular weight excluding hydrogens is 254 g/mol. The van der Waals surface area contributed by atoms with Crippen LogP contribution in [0.2, 0.25) is 0 Å². The van der Waals surface area contributed by atoms with Gasteiger partial charge in [0, 0.05) is 24.7 Å². The number of aliphatic hydroxyl groups is 1. The first-order chi connectivity index (χ1) is 9.41. The molecule has 108 valence electrons. The molecule has 0 aliphatic carbocycles. The number of likely N-dealkylation sites (tertiary alicyclic amines) is 1. The van der Waals surface area contributed by atoms with Gasteiger partial charge in [-0.05, 0) is 38.5 Å². The molecule has 0 aromatic heterocycles. The van der Waals surface area contributed by atoms with Gasteiger partial charge >= 0.3 is 0 Å². The Kier molecular flexibility index (Phi) is 4.14. The van der Waals surface area contributed by atoms with Crippen LogP contribution in [0, 0.1) is 6.92 Å². The molecular formula is C16H21NO3. The predicted octanol–water partition coefficient (Wildman–Crippen LogP) is 2.00. The van der Waals surface area contributed by atoms with E-state index in [0.717, 1.165) is 16.9 Å². The van der Waals surface area contributed by atoms with Gasteiger partial charge in [-0.1, -0.05) is 11.6 Å². The van der Waals surface area contributed by atoms with Crippen molar-refractivity contribution >= 4 is 12.0 Å². The zero-order valence-corrected chi connectivity index (χ0v) is 12.2. The van der Waals surface area contributed by atoms with Gasteiger partial charge in [0.15, 0.2) is 0 Å². The average molecular weight is 275 g/mol. The first-order valence-corrected chi connectivity index (χ1v) is 6.75. The number of nitrogens with zero attached hydrogens (tertiary/aromatic N) is 1. The summed E-state index contributed by atoms with van der Waals surface area (Å²) in [5.74, 6) is 0.666. The number of ether oxygens (including phenoxy) is 1. The number of carbonyl (C=O) groups excluding carboxylic acids is 1. The van der Waals surface area contributed by atoms with E-state index in [2.05, 4.69) is 0 Å². The Labute approximate surface area is 119 Å². The quantitative estimate of drug-likeness (QED) is 0.858. The van der Waals surface area contributed by atoms with Crippen LogP contribution in [-0.2, 0) is 4.79 Å². The minimum atomic E-state index is -0.759. The second kappa shape index (κ2) is 5.67. The van der Waals surface area contributed by atoms with E-state index in [-0.39, 0.29) is 5.91 Å². The van der Waals surface area contributed by atoms with E-state index in [1.807, 2.05) is 25.1 Å². The molecule has 0 radical (unpaired) electrons. The number of amides is 1. The zero-order valence-electron chi connectivity index (χ0n) is 12.2. The topological polar surface area (TPSA) is 49.8 Å². The van der Waals surface area contributed by atoms with E-state index in [0.29, 0.717) is 19.5 Å². The molecule has 1 N–H and O–H groups in total. The highest BCUT2D eigenvalue weighted by Gasteiger charge is 2.32. The summed E-state index contributed by atoms with van der Waals surface area (Å²) in [7, 11) is 1.61. The summed E-state index contributed by atoms with van der Waals surface area (Å²) in [6, 6.07) is 5.83. The summed E-state index contributed by atoms with van der Waals surface area (Å²) in [4.78, 5) is 13.7. The highest BCUT2D eigenvalue weighted by molar-refractivity contribution is 5.92. The third-order valence-corrected chi connectivity index (χ3v) is 3.55. The van der Waals surface area contributed by atoms with Crippen molar-refractivity contribution in [2.45, 2.75) is 25.9 Å². The van der Waals surface area contributed by atoms with E-state index in [1.54, 1.807) is 31.1 Å². The molecule has 1 fully saturated rings. The number of rotatable bonds is 3. The van der Waals surface area contributed by atoms with Gasteiger partial charge in [0.1, 0.15) is 5.75 Å². The van der Waals surface area contributed by atoms with Crippen LogP contribution in [0.1, 0.15) is 24.5 Å². The van der Waals surface area contributed by atoms with Gasteiger partial charge in [-0.3, -0.25) is 4.79 Å². The molecule has 0 saturated carbocycles. The molecule has 1 amide bonds. The van der Waals surface area contributed by atoms with Crippen LogP contribution in [0.15, 0.2) is 24.3 Å². The lowest BCUT2D eigenvalue weighted by Gasteiger charge is -2.17. The van der Waals surface area contributed by atoms with Gasteiger partial charge in [0.2, 0.25) is 5.91 Å². The molecule has 4 nitrogen and oxygen atoms in total. The van der Waals surface area contributed by atoms with Crippen molar-refractivity contribution in [2.24, 2.45) is 0 Å². The summed E-state index contributed by atoms with van der Waals surface area (Å²) < 4.78 is 5.28.